The summed E-state index contributed by atoms with van der Waals surface area (Å²) in [5, 5.41) is 27.2. The van der Waals surface area contributed by atoms with E-state index in [9.17, 15) is 20.0 Å². The number of nitro groups is 1. The second kappa shape index (κ2) is 8.71. The molecule has 1 amide bonds. The number of hydrogen-bond donors (Lipinski definition) is 3. The molecule has 148 valence electrons. The van der Waals surface area contributed by atoms with Crippen molar-refractivity contribution in [3.63, 3.8) is 0 Å². The highest BCUT2D eigenvalue weighted by Crippen LogP contribution is 2.29. The third kappa shape index (κ3) is 4.40. The minimum atomic E-state index is -0.504. The third-order valence-electron chi connectivity index (χ3n) is 4.87. The van der Waals surface area contributed by atoms with Crippen molar-refractivity contribution < 1.29 is 19.6 Å². The van der Waals surface area contributed by atoms with Gasteiger partial charge in [0.15, 0.2) is 11.5 Å². The number of aromatic hydroxyl groups is 1. The molecule has 28 heavy (non-hydrogen) atoms. The predicted molar refractivity (Wildman–Crippen MR) is 104 cm³/mol. The molecule has 1 aliphatic heterocycles. The smallest absolute Gasteiger partial charge is 0.270 e. The number of nitrogens with zero attached hydrogens (tertiary/aromatic N) is 1. The molecule has 1 fully saturated rings. The SMILES string of the molecule is COc1ccc(CNC(=O)c2cc([N+](=O)[O-])ccc2C2CCCCN2)cc1O. The van der Waals surface area contributed by atoms with Crippen molar-refractivity contribution in [2.45, 2.75) is 31.8 Å². The van der Waals surface area contributed by atoms with Gasteiger partial charge in [0, 0.05) is 24.7 Å². The summed E-state index contributed by atoms with van der Waals surface area (Å²) in [7, 11) is 1.46. The van der Waals surface area contributed by atoms with Gasteiger partial charge in [0.1, 0.15) is 0 Å². The van der Waals surface area contributed by atoms with Crippen LogP contribution in [0.5, 0.6) is 11.5 Å². The number of phenolic OH excluding ortho intramolecular Hbond substituents is 1. The predicted octanol–water partition coefficient (Wildman–Crippen LogP) is 3.05. The van der Waals surface area contributed by atoms with E-state index in [0.717, 1.165) is 31.4 Å². The van der Waals surface area contributed by atoms with Crippen LogP contribution in [0, 0.1) is 10.1 Å². The summed E-state index contributed by atoms with van der Waals surface area (Å²) in [6.07, 6.45) is 3.00. The Hall–Kier alpha value is -3.13. The first-order chi connectivity index (χ1) is 13.5. The molecule has 3 N–H and O–H groups in total. The quantitative estimate of drug-likeness (QED) is 0.520. The van der Waals surface area contributed by atoms with Crippen molar-refractivity contribution in [3.8, 4) is 11.5 Å². The number of amides is 1. The van der Waals surface area contributed by atoms with Gasteiger partial charge >= 0.3 is 0 Å². The van der Waals surface area contributed by atoms with Crippen LogP contribution in [0.2, 0.25) is 0 Å². The van der Waals surface area contributed by atoms with Crippen LogP contribution >= 0.6 is 0 Å². The second-order valence-electron chi connectivity index (χ2n) is 6.72. The van der Waals surface area contributed by atoms with E-state index in [1.54, 1.807) is 18.2 Å². The summed E-state index contributed by atoms with van der Waals surface area (Å²) in [6, 6.07) is 9.28. The summed E-state index contributed by atoms with van der Waals surface area (Å²) in [4.78, 5) is 23.5. The number of hydrogen-bond acceptors (Lipinski definition) is 6. The van der Waals surface area contributed by atoms with Crippen LogP contribution in [0.25, 0.3) is 0 Å². The normalized spacial score (nSPS) is 16.4. The fourth-order valence-corrected chi connectivity index (χ4v) is 3.40. The summed E-state index contributed by atoms with van der Waals surface area (Å²) in [5.74, 6) is -0.0579. The van der Waals surface area contributed by atoms with Crippen molar-refractivity contribution >= 4 is 11.6 Å². The third-order valence-corrected chi connectivity index (χ3v) is 4.87. The van der Waals surface area contributed by atoms with Crippen LogP contribution in [0.4, 0.5) is 5.69 Å². The number of nitrogens with one attached hydrogen (secondary N) is 2. The fraction of sp³-hybridized carbons (Fsp3) is 0.350. The summed E-state index contributed by atoms with van der Waals surface area (Å²) in [5.41, 5.74) is 1.63. The minimum absolute atomic E-state index is 0.000310. The molecular formula is C20H23N3O5. The van der Waals surface area contributed by atoms with Gasteiger partial charge in [0.05, 0.1) is 17.6 Å². The van der Waals surface area contributed by atoms with Gasteiger partial charge in [-0.3, -0.25) is 14.9 Å². The monoisotopic (exact) mass is 385 g/mol. The average Bonchev–Trinajstić information content (AvgIpc) is 2.72. The Morgan fingerprint density at radius 2 is 2.14 bits per heavy atom. The molecule has 2 aromatic carbocycles. The number of rotatable bonds is 6. The average molecular weight is 385 g/mol. The highest BCUT2D eigenvalue weighted by molar-refractivity contribution is 5.96. The van der Waals surface area contributed by atoms with E-state index in [-0.39, 0.29) is 29.9 Å². The molecule has 0 spiro atoms. The molecule has 0 aromatic heterocycles. The lowest BCUT2D eigenvalue weighted by Crippen LogP contribution is -2.30. The lowest BCUT2D eigenvalue weighted by atomic mass is 9.93. The first-order valence-electron chi connectivity index (χ1n) is 9.15. The summed E-state index contributed by atoms with van der Waals surface area (Å²) < 4.78 is 5.01. The van der Waals surface area contributed by atoms with E-state index in [1.807, 2.05) is 0 Å². The number of piperidine rings is 1. The Kier molecular flexibility index (Phi) is 6.10. The topological polar surface area (TPSA) is 114 Å². The molecule has 8 nitrogen and oxygen atoms in total. The van der Waals surface area contributed by atoms with Crippen molar-refractivity contribution in [1.29, 1.82) is 0 Å². The number of benzene rings is 2. The maximum Gasteiger partial charge on any atom is 0.270 e. The van der Waals surface area contributed by atoms with Crippen molar-refractivity contribution in [3.05, 3.63) is 63.2 Å². The van der Waals surface area contributed by atoms with Crippen LogP contribution in [0.15, 0.2) is 36.4 Å². The van der Waals surface area contributed by atoms with E-state index in [1.165, 1.54) is 25.3 Å². The number of methoxy groups -OCH3 is 1. The van der Waals surface area contributed by atoms with Crippen LogP contribution in [-0.4, -0.2) is 29.6 Å². The Labute approximate surface area is 162 Å². The van der Waals surface area contributed by atoms with Gasteiger partial charge in [-0.1, -0.05) is 12.5 Å². The molecule has 0 radical (unpaired) electrons. The number of carbonyl (C=O) groups excluding carboxylic acids is 1. The number of ether oxygens (including phenoxy) is 1. The van der Waals surface area contributed by atoms with Gasteiger partial charge in [-0.15, -0.1) is 0 Å². The molecule has 0 saturated carbocycles. The largest absolute Gasteiger partial charge is 0.504 e. The van der Waals surface area contributed by atoms with Crippen molar-refractivity contribution in [1.82, 2.24) is 10.6 Å². The molecule has 3 rings (SSSR count). The van der Waals surface area contributed by atoms with Crippen molar-refractivity contribution in [2.75, 3.05) is 13.7 Å². The number of non-ortho nitro benzene ring substituents is 1. The fourth-order valence-electron chi connectivity index (χ4n) is 3.40. The molecule has 8 heteroatoms. The lowest BCUT2D eigenvalue weighted by Gasteiger charge is -2.25. The summed E-state index contributed by atoms with van der Waals surface area (Å²) in [6.45, 7) is 1.03. The van der Waals surface area contributed by atoms with E-state index in [0.29, 0.717) is 16.9 Å². The first-order valence-corrected chi connectivity index (χ1v) is 9.15. The second-order valence-corrected chi connectivity index (χ2v) is 6.72. The maximum absolute atomic E-state index is 12.8. The lowest BCUT2D eigenvalue weighted by molar-refractivity contribution is -0.384. The number of phenols is 1. The van der Waals surface area contributed by atoms with Crippen LogP contribution in [0.3, 0.4) is 0 Å². The Balaban J connectivity index is 1.81. The molecule has 0 bridgehead atoms. The number of nitro benzene ring substituents is 1. The molecule has 1 heterocycles. The molecular weight excluding hydrogens is 362 g/mol. The zero-order valence-corrected chi connectivity index (χ0v) is 15.6. The Bertz CT molecular complexity index is 878. The van der Waals surface area contributed by atoms with Gasteiger partial charge in [0.25, 0.3) is 11.6 Å². The molecule has 1 aliphatic rings. The standard InChI is InChI=1S/C20H23N3O5/c1-28-19-8-5-13(10-18(19)24)12-22-20(25)16-11-14(23(26)27)6-7-15(16)17-4-2-3-9-21-17/h5-8,10-11,17,21,24H,2-4,9,12H2,1H3,(H,22,25). The van der Waals surface area contributed by atoms with E-state index in [4.69, 9.17) is 4.74 Å². The van der Waals surface area contributed by atoms with E-state index in [2.05, 4.69) is 10.6 Å². The summed E-state index contributed by atoms with van der Waals surface area (Å²) >= 11 is 0. The molecule has 1 unspecified atom stereocenters. The Morgan fingerprint density at radius 3 is 2.79 bits per heavy atom. The minimum Gasteiger partial charge on any atom is -0.504 e. The number of carbonyl (C=O) groups is 1. The molecule has 0 aliphatic carbocycles. The molecule has 2 aromatic rings. The Morgan fingerprint density at radius 1 is 1.32 bits per heavy atom. The maximum atomic E-state index is 12.8. The first kappa shape index (κ1) is 19.6. The van der Waals surface area contributed by atoms with Gasteiger partial charge in [-0.05, 0) is 48.7 Å². The highest BCUT2D eigenvalue weighted by atomic mass is 16.6. The van der Waals surface area contributed by atoms with Crippen LogP contribution in [0.1, 0.15) is 46.8 Å². The zero-order chi connectivity index (χ0) is 20.1. The highest BCUT2D eigenvalue weighted by Gasteiger charge is 2.23. The zero-order valence-electron chi connectivity index (χ0n) is 15.6. The van der Waals surface area contributed by atoms with Crippen LogP contribution in [-0.2, 0) is 6.54 Å². The van der Waals surface area contributed by atoms with E-state index >= 15 is 0 Å². The van der Waals surface area contributed by atoms with E-state index < -0.39 is 4.92 Å². The molecule has 1 saturated heterocycles. The van der Waals surface area contributed by atoms with Gasteiger partial charge < -0.3 is 20.5 Å². The molecule has 1 atom stereocenters. The van der Waals surface area contributed by atoms with Gasteiger partial charge in [-0.25, -0.2) is 0 Å². The van der Waals surface area contributed by atoms with Crippen LogP contribution < -0.4 is 15.4 Å². The van der Waals surface area contributed by atoms with Gasteiger partial charge in [-0.2, -0.15) is 0 Å². The van der Waals surface area contributed by atoms with Crippen molar-refractivity contribution in [2.24, 2.45) is 0 Å². The van der Waals surface area contributed by atoms with Gasteiger partial charge in [0.2, 0.25) is 0 Å².